The number of hydrogen-bond acceptors (Lipinski definition) is 5. The van der Waals surface area contributed by atoms with Crippen LogP contribution in [0.1, 0.15) is 63.3 Å². The van der Waals surface area contributed by atoms with E-state index in [4.69, 9.17) is 4.74 Å². The van der Waals surface area contributed by atoms with Gasteiger partial charge in [0.05, 0.1) is 12.0 Å². The molecule has 0 amide bonds. The first-order chi connectivity index (χ1) is 10.2. The number of carboxylic acids is 1. The van der Waals surface area contributed by atoms with Gasteiger partial charge in [-0.25, -0.2) is 4.68 Å². The average Bonchev–Trinajstić information content (AvgIpc) is 3.07. The van der Waals surface area contributed by atoms with Crippen LogP contribution in [0.5, 0.6) is 0 Å². The number of aromatic nitrogens is 4. The molecule has 2 aliphatic rings. The molecule has 116 valence electrons. The second-order valence-corrected chi connectivity index (χ2v) is 6.20. The molecule has 1 saturated carbocycles. The summed E-state index contributed by atoms with van der Waals surface area (Å²) in [5.41, 5.74) is -0.737. The van der Waals surface area contributed by atoms with Crippen LogP contribution in [0, 0.1) is 5.41 Å². The molecule has 21 heavy (non-hydrogen) atoms. The van der Waals surface area contributed by atoms with Crippen molar-refractivity contribution in [1.82, 2.24) is 20.2 Å². The smallest absolute Gasteiger partial charge is 0.311 e. The Hall–Kier alpha value is -1.50. The topological polar surface area (TPSA) is 90.1 Å². The van der Waals surface area contributed by atoms with Crippen molar-refractivity contribution in [2.75, 3.05) is 6.61 Å². The lowest BCUT2D eigenvalue weighted by molar-refractivity contribution is -0.151. The van der Waals surface area contributed by atoms with E-state index in [0.717, 1.165) is 45.1 Å². The molecule has 0 spiro atoms. The molecule has 0 bridgehead atoms. The minimum atomic E-state index is -0.737. The van der Waals surface area contributed by atoms with Crippen LogP contribution in [0.4, 0.5) is 0 Å². The van der Waals surface area contributed by atoms with E-state index in [1.165, 1.54) is 0 Å². The summed E-state index contributed by atoms with van der Waals surface area (Å²) in [5, 5.41) is 21.6. The van der Waals surface area contributed by atoms with E-state index >= 15 is 0 Å². The number of carbonyl (C=O) groups is 1. The maximum Gasteiger partial charge on any atom is 0.311 e. The Morgan fingerprint density at radius 3 is 2.67 bits per heavy atom. The fourth-order valence-electron chi connectivity index (χ4n) is 3.47. The van der Waals surface area contributed by atoms with Crippen molar-refractivity contribution in [2.24, 2.45) is 5.41 Å². The Bertz CT molecular complexity index is 488. The van der Waals surface area contributed by atoms with Gasteiger partial charge in [0.1, 0.15) is 6.10 Å². The van der Waals surface area contributed by atoms with Gasteiger partial charge in [-0.2, -0.15) is 0 Å². The van der Waals surface area contributed by atoms with Gasteiger partial charge in [-0.3, -0.25) is 4.79 Å². The number of aliphatic carboxylic acids is 1. The molecular weight excluding hydrogens is 272 g/mol. The molecule has 1 aromatic rings. The highest BCUT2D eigenvalue weighted by atomic mass is 16.5. The zero-order valence-electron chi connectivity index (χ0n) is 12.2. The molecular formula is C14H22N4O3. The molecule has 2 fully saturated rings. The first-order valence-electron chi connectivity index (χ1n) is 7.82. The van der Waals surface area contributed by atoms with Crippen LogP contribution < -0.4 is 0 Å². The zero-order valence-corrected chi connectivity index (χ0v) is 12.2. The van der Waals surface area contributed by atoms with Gasteiger partial charge < -0.3 is 9.84 Å². The Kier molecular flexibility index (Phi) is 4.19. The van der Waals surface area contributed by atoms with Crippen LogP contribution in [0.15, 0.2) is 0 Å². The molecule has 1 aliphatic heterocycles. The summed E-state index contributed by atoms with van der Waals surface area (Å²) < 4.78 is 7.30. The average molecular weight is 294 g/mol. The van der Waals surface area contributed by atoms with E-state index in [-0.39, 0.29) is 6.10 Å². The summed E-state index contributed by atoms with van der Waals surface area (Å²) in [4.78, 5) is 11.9. The molecule has 1 N–H and O–H groups in total. The molecule has 7 heteroatoms. The summed E-state index contributed by atoms with van der Waals surface area (Å²) in [7, 11) is 0. The third-order valence-electron chi connectivity index (χ3n) is 4.74. The first-order valence-corrected chi connectivity index (χ1v) is 7.82. The number of ether oxygens (including phenoxy) is 1. The van der Waals surface area contributed by atoms with Gasteiger partial charge >= 0.3 is 5.97 Å². The van der Waals surface area contributed by atoms with Crippen molar-refractivity contribution < 1.29 is 14.6 Å². The van der Waals surface area contributed by atoms with Crippen LogP contribution in [0.3, 0.4) is 0 Å². The van der Waals surface area contributed by atoms with Crippen LogP contribution in [0.2, 0.25) is 0 Å². The second kappa shape index (κ2) is 6.09. The highest BCUT2D eigenvalue weighted by Gasteiger charge is 2.40. The van der Waals surface area contributed by atoms with Gasteiger partial charge in [0, 0.05) is 6.61 Å². The maximum atomic E-state index is 11.9. The van der Waals surface area contributed by atoms with Crippen molar-refractivity contribution in [3.63, 3.8) is 0 Å². The Morgan fingerprint density at radius 1 is 1.29 bits per heavy atom. The maximum absolute atomic E-state index is 11.9. The molecule has 0 radical (unpaired) electrons. The van der Waals surface area contributed by atoms with Gasteiger partial charge in [0.25, 0.3) is 0 Å². The van der Waals surface area contributed by atoms with Gasteiger partial charge in [-0.05, 0) is 36.1 Å². The van der Waals surface area contributed by atoms with Crippen LogP contribution in [-0.4, -0.2) is 37.9 Å². The number of hydrogen-bond donors (Lipinski definition) is 1. The summed E-state index contributed by atoms with van der Waals surface area (Å²) in [6.07, 6.45) is 7.37. The molecule has 1 saturated heterocycles. The quantitative estimate of drug-likeness (QED) is 0.854. The number of carboxylic acid groups (broad SMARTS) is 1. The second-order valence-electron chi connectivity index (χ2n) is 6.20. The van der Waals surface area contributed by atoms with E-state index in [0.29, 0.717) is 25.2 Å². The minimum Gasteiger partial charge on any atom is -0.481 e. The molecule has 0 aromatic carbocycles. The third kappa shape index (κ3) is 2.92. The minimum absolute atomic E-state index is 0.0865. The molecule has 1 atom stereocenters. The lowest BCUT2D eigenvalue weighted by atomic mass is 9.80. The van der Waals surface area contributed by atoms with E-state index < -0.39 is 11.4 Å². The van der Waals surface area contributed by atoms with E-state index in [9.17, 15) is 9.90 Å². The Labute approximate surface area is 123 Å². The summed E-state index contributed by atoms with van der Waals surface area (Å²) in [5.74, 6) is -0.0458. The summed E-state index contributed by atoms with van der Waals surface area (Å²) >= 11 is 0. The van der Waals surface area contributed by atoms with Gasteiger partial charge in [0.2, 0.25) is 0 Å². The van der Waals surface area contributed by atoms with Crippen LogP contribution in [-0.2, 0) is 16.1 Å². The lowest BCUT2D eigenvalue weighted by Gasteiger charge is -2.28. The van der Waals surface area contributed by atoms with Crippen molar-refractivity contribution in [2.45, 2.75) is 64.0 Å². The highest BCUT2D eigenvalue weighted by molar-refractivity contribution is 5.74. The normalized spacial score (nSPS) is 25.6. The summed E-state index contributed by atoms with van der Waals surface area (Å²) in [6.45, 7) is 1.08. The number of nitrogens with zero attached hydrogens (tertiary/aromatic N) is 4. The van der Waals surface area contributed by atoms with E-state index in [2.05, 4.69) is 15.5 Å². The SMILES string of the molecule is O=C(O)C1(Cn2nnnc2C2CCCO2)CCCCCC1. The van der Waals surface area contributed by atoms with E-state index in [1.807, 2.05) is 0 Å². The predicted molar refractivity (Wildman–Crippen MR) is 73.5 cm³/mol. The lowest BCUT2D eigenvalue weighted by Crippen LogP contribution is -2.36. The van der Waals surface area contributed by atoms with Gasteiger partial charge in [-0.15, -0.1) is 5.10 Å². The molecule has 7 nitrogen and oxygen atoms in total. The number of tetrazole rings is 1. The highest BCUT2D eigenvalue weighted by Crippen LogP contribution is 2.38. The zero-order chi connectivity index (χ0) is 14.7. The van der Waals surface area contributed by atoms with Crippen molar-refractivity contribution in [1.29, 1.82) is 0 Å². The monoisotopic (exact) mass is 294 g/mol. The van der Waals surface area contributed by atoms with Crippen molar-refractivity contribution in [3.05, 3.63) is 5.82 Å². The van der Waals surface area contributed by atoms with Gasteiger partial charge in [0.15, 0.2) is 5.82 Å². The molecule has 2 heterocycles. The number of rotatable bonds is 4. The van der Waals surface area contributed by atoms with Gasteiger partial charge in [-0.1, -0.05) is 25.7 Å². The summed E-state index contributed by atoms with van der Waals surface area (Å²) in [6, 6.07) is 0. The molecule has 1 aromatic heterocycles. The Morgan fingerprint density at radius 2 is 2.05 bits per heavy atom. The third-order valence-corrected chi connectivity index (χ3v) is 4.74. The van der Waals surface area contributed by atoms with Crippen LogP contribution in [0.25, 0.3) is 0 Å². The largest absolute Gasteiger partial charge is 0.481 e. The molecule has 1 aliphatic carbocycles. The predicted octanol–water partition coefficient (Wildman–Crippen LogP) is 1.95. The molecule has 1 unspecified atom stereocenters. The van der Waals surface area contributed by atoms with Crippen LogP contribution >= 0.6 is 0 Å². The fraction of sp³-hybridized carbons (Fsp3) is 0.857. The Balaban J connectivity index is 1.82. The van der Waals surface area contributed by atoms with E-state index in [1.54, 1.807) is 4.68 Å². The van der Waals surface area contributed by atoms with Crippen molar-refractivity contribution in [3.8, 4) is 0 Å². The fourth-order valence-corrected chi connectivity index (χ4v) is 3.47. The van der Waals surface area contributed by atoms with Crippen molar-refractivity contribution >= 4 is 5.97 Å². The molecule has 3 rings (SSSR count). The first kappa shape index (κ1) is 14.4. The standard InChI is InChI=1S/C14H22N4O3/c19-13(20)14(7-3-1-2-4-8-14)10-18-12(15-16-17-18)11-6-5-9-21-11/h11H,1-10H2,(H,19,20).